The number of oxazole rings is 1. The molecule has 0 bridgehead atoms. The molecule has 1 aromatic heterocycles. The summed E-state index contributed by atoms with van der Waals surface area (Å²) in [7, 11) is 1.54. The molecule has 0 spiro atoms. The zero-order valence-electron chi connectivity index (χ0n) is 10.7. The van der Waals surface area contributed by atoms with Crippen LogP contribution in [0.15, 0.2) is 40.8 Å². The van der Waals surface area contributed by atoms with Gasteiger partial charge in [0.1, 0.15) is 17.1 Å². The third-order valence-electron chi connectivity index (χ3n) is 2.82. The summed E-state index contributed by atoms with van der Waals surface area (Å²) in [6.07, 6.45) is 0. The molecule has 1 heterocycles. The number of benzene rings is 2. The molecule has 3 aromatic rings. The van der Waals surface area contributed by atoms with Gasteiger partial charge in [-0.15, -0.1) is 0 Å². The van der Waals surface area contributed by atoms with Crippen molar-refractivity contribution in [2.75, 3.05) is 18.2 Å². The molecule has 0 saturated carbocycles. The summed E-state index contributed by atoms with van der Waals surface area (Å²) < 4.78 is 23.8. The zero-order chi connectivity index (χ0) is 14.1. The van der Waals surface area contributed by atoms with Gasteiger partial charge in [-0.2, -0.15) is 4.98 Å². The van der Waals surface area contributed by atoms with Crippen molar-refractivity contribution in [3.63, 3.8) is 0 Å². The Morgan fingerprint density at radius 1 is 1.25 bits per heavy atom. The Kier molecular flexibility index (Phi) is 2.90. The van der Waals surface area contributed by atoms with E-state index in [9.17, 15) is 4.39 Å². The highest BCUT2D eigenvalue weighted by Gasteiger charge is 2.10. The van der Waals surface area contributed by atoms with Crippen LogP contribution in [0.25, 0.3) is 11.1 Å². The molecule has 2 aromatic carbocycles. The van der Waals surface area contributed by atoms with Gasteiger partial charge in [-0.1, -0.05) is 0 Å². The summed E-state index contributed by atoms with van der Waals surface area (Å²) in [6, 6.07) is 9.59. The molecule has 5 nitrogen and oxygen atoms in total. The van der Waals surface area contributed by atoms with Crippen molar-refractivity contribution in [1.82, 2.24) is 4.98 Å². The highest BCUT2D eigenvalue weighted by Crippen LogP contribution is 2.30. The minimum atomic E-state index is -0.359. The van der Waals surface area contributed by atoms with Crippen LogP contribution in [0.3, 0.4) is 0 Å². The van der Waals surface area contributed by atoms with Crippen LogP contribution in [-0.4, -0.2) is 12.1 Å². The van der Waals surface area contributed by atoms with Crippen molar-refractivity contribution < 1.29 is 13.5 Å². The first kappa shape index (κ1) is 12.3. The number of rotatable bonds is 3. The number of nitrogens with one attached hydrogen (secondary N) is 1. The van der Waals surface area contributed by atoms with Gasteiger partial charge in [0.15, 0.2) is 5.58 Å². The van der Waals surface area contributed by atoms with E-state index in [0.717, 1.165) is 0 Å². The first-order valence-electron chi connectivity index (χ1n) is 5.92. The molecule has 0 aliphatic rings. The van der Waals surface area contributed by atoms with E-state index in [1.807, 2.05) is 0 Å². The number of ether oxygens (including phenoxy) is 1. The van der Waals surface area contributed by atoms with Crippen LogP contribution in [-0.2, 0) is 0 Å². The van der Waals surface area contributed by atoms with Gasteiger partial charge in [0, 0.05) is 17.8 Å². The standard InChI is InChI=1S/C14H12FN3O2/c1-19-13-7-9(16)3-4-10(13)17-14-18-11-6-8(15)2-5-12(11)20-14/h2-7H,16H2,1H3,(H,17,18). The number of aromatic nitrogens is 1. The first-order chi connectivity index (χ1) is 9.65. The summed E-state index contributed by atoms with van der Waals surface area (Å²) in [5, 5.41) is 2.98. The van der Waals surface area contributed by atoms with Crippen LogP contribution < -0.4 is 15.8 Å². The van der Waals surface area contributed by atoms with Gasteiger partial charge in [0.2, 0.25) is 0 Å². The lowest BCUT2D eigenvalue weighted by Crippen LogP contribution is -1.96. The van der Waals surface area contributed by atoms with Crippen LogP contribution in [0, 0.1) is 5.82 Å². The van der Waals surface area contributed by atoms with Crippen molar-refractivity contribution in [1.29, 1.82) is 0 Å². The maximum Gasteiger partial charge on any atom is 0.300 e. The third-order valence-corrected chi connectivity index (χ3v) is 2.82. The Labute approximate surface area is 114 Å². The minimum absolute atomic E-state index is 0.258. The number of hydrogen-bond acceptors (Lipinski definition) is 5. The lowest BCUT2D eigenvalue weighted by Gasteiger charge is -2.08. The average molecular weight is 273 g/mol. The highest BCUT2D eigenvalue weighted by molar-refractivity contribution is 5.76. The number of anilines is 3. The molecule has 20 heavy (non-hydrogen) atoms. The second-order valence-corrected chi connectivity index (χ2v) is 4.22. The summed E-state index contributed by atoms with van der Waals surface area (Å²) in [6.45, 7) is 0. The predicted molar refractivity (Wildman–Crippen MR) is 74.7 cm³/mol. The second-order valence-electron chi connectivity index (χ2n) is 4.22. The molecule has 0 radical (unpaired) electrons. The lowest BCUT2D eigenvalue weighted by molar-refractivity contribution is 0.417. The smallest absolute Gasteiger partial charge is 0.300 e. The zero-order valence-corrected chi connectivity index (χ0v) is 10.7. The van der Waals surface area contributed by atoms with Gasteiger partial charge >= 0.3 is 0 Å². The number of halogens is 1. The Morgan fingerprint density at radius 3 is 2.90 bits per heavy atom. The Balaban J connectivity index is 1.96. The molecule has 0 fully saturated rings. The summed E-state index contributed by atoms with van der Waals surface area (Å²) >= 11 is 0. The van der Waals surface area contributed by atoms with Gasteiger partial charge in [-0.3, -0.25) is 0 Å². The number of nitrogens with zero attached hydrogens (tertiary/aromatic N) is 1. The molecule has 0 unspecified atom stereocenters. The number of hydrogen-bond donors (Lipinski definition) is 2. The predicted octanol–water partition coefficient (Wildman–Crippen LogP) is 3.30. The largest absolute Gasteiger partial charge is 0.494 e. The van der Waals surface area contributed by atoms with Gasteiger partial charge in [0.05, 0.1) is 12.8 Å². The fraction of sp³-hybridized carbons (Fsp3) is 0.0714. The number of methoxy groups -OCH3 is 1. The average Bonchev–Trinajstić information content (AvgIpc) is 2.82. The molecule has 3 N–H and O–H groups in total. The molecule has 102 valence electrons. The summed E-state index contributed by atoms with van der Waals surface area (Å²) in [5.74, 6) is 0.209. The number of nitrogen functional groups attached to an aromatic ring is 1. The van der Waals surface area contributed by atoms with Gasteiger partial charge < -0.3 is 20.2 Å². The molecule has 0 aliphatic heterocycles. The van der Waals surface area contributed by atoms with Crippen LogP contribution in [0.1, 0.15) is 0 Å². The molecule has 0 amide bonds. The fourth-order valence-corrected chi connectivity index (χ4v) is 1.88. The van der Waals surface area contributed by atoms with Crippen molar-refractivity contribution in [3.8, 4) is 5.75 Å². The SMILES string of the molecule is COc1cc(N)ccc1Nc1nc2cc(F)ccc2o1. The fourth-order valence-electron chi connectivity index (χ4n) is 1.88. The normalized spacial score (nSPS) is 10.7. The van der Waals surface area contributed by atoms with Crippen LogP contribution in [0.2, 0.25) is 0 Å². The van der Waals surface area contributed by atoms with Crippen molar-refractivity contribution in [2.45, 2.75) is 0 Å². The van der Waals surface area contributed by atoms with Crippen molar-refractivity contribution in [3.05, 3.63) is 42.2 Å². The van der Waals surface area contributed by atoms with E-state index in [1.54, 1.807) is 25.3 Å². The molecule has 0 saturated heterocycles. The van der Waals surface area contributed by atoms with E-state index in [-0.39, 0.29) is 11.8 Å². The minimum Gasteiger partial charge on any atom is -0.494 e. The number of fused-ring (bicyclic) bond motifs is 1. The Bertz CT molecular complexity index is 770. The van der Waals surface area contributed by atoms with Gasteiger partial charge in [0.25, 0.3) is 6.01 Å². The van der Waals surface area contributed by atoms with E-state index < -0.39 is 0 Å². The maximum absolute atomic E-state index is 13.1. The van der Waals surface area contributed by atoms with Crippen molar-refractivity contribution >= 4 is 28.5 Å². The van der Waals surface area contributed by atoms with Crippen LogP contribution >= 0.6 is 0 Å². The van der Waals surface area contributed by atoms with E-state index in [2.05, 4.69) is 10.3 Å². The third kappa shape index (κ3) is 2.23. The monoisotopic (exact) mass is 273 g/mol. The van der Waals surface area contributed by atoms with Crippen molar-refractivity contribution in [2.24, 2.45) is 0 Å². The molecular weight excluding hydrogens is 261 g/mol. The summed E-state index contributed by atoms with van der Waals surface area (Å²) in [4.78, 5) is 4.16. The van der Waals surface area contributed by atoms with Crippen LogP contribution in [0.4, 0.5) is 21.8 Å². The van der Waals surface area contributed by atoms with E-state index in [0.29, 0.717) is 28.2 Å². The molecule has 0 aliphatic carbocycles. The lowest BCUT2D eigenvalue weighted by atomic mass is 10.2. The first-order valence-corrected chi connectivity index (χ1v) is 5.92. The Morgan fingerprint density at radius 2 is 2.10 bits per heavy atom. The molecular formula is C14H12FN3O2. The van der Waals surface area contributed by atoms with Gasteiger partial charge in [-0.05, 0) is 24.3 Å². The molecule has 3 rings (SSSR count). The Hall–Kier alpha value is -2.76. The quantitative estimate of drug-likeness (QED) is 0.716. The topological polar surface area (TPSA) is 73.3 Å². The molecule has 0 atom stereocenters. The van der Waals surface area contributed by atoms with Gasteiger partial charge in [-0.25, -0.2) is 4.39 Å². The summed E-state index contributed by atoms with van der Waals surface area (Å²) in [5.41, 5.74) is 7.89. The number of nitrogens with two attached hydrogens (primary N) is 1. The molecule has 6 heteroatoms. The van der Waals surface area contributed by atoms with E-state index >= 15 is 0 Å². The van der Waals surface area contributed by atoms with Crippen LogP contribution in [0.5, 0.6) is 5.75 Å². The van der Waals surface area contributed by atoms with E-state index in [4.69, 9.17) is 14.9 Å². The maximum atomic E-state index is 13.1. The highest BCUT2D eigenvalue weighted by atomic mass is 19.1. The van der Waals surface area contributed by atoms with E-state index in [1.165, 1.54) is 18.2 Å². The second kappa shape index (κ2) is 4.73.